The highest BCUT2D eigenvalue weighted by Crippen LogP contribution is 2.01. The molecule has 0 aliphatic heterocycles. The highest BCUT2D eigenvalue weighted by Gasteiger charge is 2.18. The maximum Gasteiger partial charge on any atom is 0.279 e. The monoisotopic (exact) mass is 279 g/mol. The summed E-state index contributed by atoms with van der Waals surface area (Å²) in [5.41, 5.74) is 0. The molecule has 0 aliphatic carbocycles. The van der Waals surface area contributed by atoms with Gasteiger partial charge in [0.25, 0.3) is 10.2 Å². The Bertz CT molecular complexity index is 286. The molecule has 0 bridgehead atoms. The van der Waals surface area contributed by atoms with Gasteiger partial charge >= 0.3 is 0 Å². The molecule has 0 unspecified atom stereocenters. The summed E-state index contributed by atoms with van der Waals surface area (Å²) in [5, 5.41) is 3.26. The van der Waals surface area contributed by atoms with Crippen molar-refractivity contribution < 1.29 is 8.42 Å². The molecule has 0 amide bonds. The lowest BCUT2D eigenvalue weighted by atomic mass is 10.3. The molecule has 0 rings (SSSR count). The van der Waals surface area contributed by atoms with Gasteiger partial charge in [-0.15, -0.1) is 0 Å². The third kappa shape index (κ3) is 8.02. The van der Waals surface area contributed by atoms with Gasteiger partial charge in [-0.3, -0.25) is 0 Å². The van der Waals surface area contributed by atoms with Crippen LogP contribution in [-0.2, 0) is 10.2 Å². The number of hydrogen-bond acceptors (Lipinski definition) is 3. The maximum atomic E-state index is 12.0. The van der Waals surface area contributed by atoms with Crippen LogP contribution >= 0.6 is 0 Å². The van der Waals surface area contributed by atoms with Crippen molar-refractivity contribution in [2.45, 2.75) is 53.0 Å². The van der Waals surface area contributed by atoms with Crippen LogP contribution in [0, 0.1) is 0 Å². The van der Waals surface area contributed by atoms with Gasteiger partial charge < -0.3 is 5.32 Å². The van der Waals surface area contributed by atoms with E-state index in [-0.39, 0.29) is 0 Å². The molecule has 0 spiro atoms. The highest BCUT2D eigenvalue weighted by atomic mass is 32.2. The number of rotatable bonds is 11. The Morgan fingerprint density at radius 3 is 2.06 bits per heavy atom. The Kier molecular flexibility index (Phi) is 9.63. The van der Waals surface area contributed by atoms with Crippen molar-refractivity contribution in [1.82, 2.24) is 14.3 Å². The molecule has 6 heteroatoms. The van der Waals surface area contributed by atoms with Crippen molar-refractivity contribution >= 4 is 10.2 Å². The average molecular weight is 279 g/mol. The van der Waals surface area contributed by atoms with Crippen LogP contribution in [0.5, 0.6) is 0 Å². The quantitative estimate of drug-likeness (QED) is 0.561. The summed E-state index contributed by atoms with van der Waals surface area (Å²) >= 11 is 0. The molecule has 0 fully saturated rings. The molecule has 0 radical (unpaired) electrons. The highest BCUT2D eigenvalue weighted by molar-refractivity contribution is 7.87. The molecule has 5 nitrogen and oxygen atoms in total. The first-order valence-electron chi connectivity index (χ1n) is 6.92. The van der Waals surface area contributed by atoms with E-state index in [1.54, 1.807) is 0 Å². The van der Waals surface area contributed by atoms with Gasteiger partial charge in [-0.25, -0.2) is 4.72 Å². The molecule has 2 N–H and O–H groups in total. The number of nitrogens with zero attached hydrogens (tertiary/aromatic N) is 1. The van der Waals surface area contributed by atoms with Crippen LogP contribution in [0.15, 0.2) is 0 Å². The average Bonchev–Trinajstić information content (AvgIpc) is 2.27. The molecule has 0 aromatic rings. The van der Waals surface area contributed by atoms with Crippen molar-refractivity contribution in [3.8, 4) is 0 Å². The summed E-state index contributed by atoms with van der Waals surface area (Å²) < 4.78 is 28.2. The zero-order valence-electron chi connectivity index (χ0n) is 12.2. The third-order valence-corrected chi connectivity index (χ3v) is 4.09. The van der Waals surface area contributed by atoms with E-state index in [1.165, 1.54) is 4.31 Å². The standard InChI is InChI=1S/C12H29N3O2S/c1-5-10-15(11-6-2)18(16,17)14-9-7-8-13-12(3)4/h12-14H,5-11H2,1-4H3. The van der Waals surface area contributed by atoms with E-state index in [4.69, 9.17) is 0 Å². The number of hydrogen-bond donors (Lipinski definition) is 2. The molecule has 0 heterocycles. The SMILES string of the molecule is CCCN(CCC)S(=O)(=O)NCCCNC(C)C. The topological polar surface area (TPSA) is 61.4 Å². The van der Waals surface area contributed by atoms with Gasteiger partial charge in [0.15, 0.2) is 0 Å². The van der Waals surface area contributed by atoms with E-state index in [1.807, 2.05) is 13.8 Å². The second kappa shape index (κ2) is 9.72. The Balaban J connectivity index is 4.03. The molecule has 0 aromatic carbocycles. The first-order valence-corrected chi connectivity index (χ1v) is 8.36. The van der Waals surface area contributed by atoms with Gasteiger partial charge in [-0.05, 0) is 25.8 Å². The lowest BCUT2D eigenvalue weighted by Crippen LogP contribution is -2.42. The number of nitrogens with one attached hydrogen (secondary N) is 2. The first-order chi connectivity index (χ1) is 8.44. The Hall–Kier alpha value is -0.170. The second-order valence-electron chi connectivity index (χ2n) is 4.76. The van der Waals surface area contributed by atoms with E-state index >= 15 is 0 Å². The molecule has 0 aromatic heterocycles. The van der Waals surface area contributed by atoms with E-state index in [2.05, 4.69) is 23.9 Å². The summed E-state index contributed by atoms with van der Waals surface area (Å²) in [4.78, 5) is 0. The zero-order chi connectivity index (χ0) is 14.0. The lowest BCUT2D eigenvalue weighted by molar-refractivity contribution is 0.401. The molecule has 0 saturated carbocycles. The minimum absolute atomic E-state index is 0.443. The van der Waals surface area contributed by atoms with Crippen molar-refractivity contribution in [3.63, 3.8) is 0 Å². The fraction of sp³-hybridized carbons (Fsp3) is 1.00. The van der Waals surface area contributed by atoms with Gasteiger partial charge in [-0.2, -0.15) is 12.7 Å². The predicted octanol–water partition coefficient (Wildman–Crippen LogP) is 1.33. The summed E-state index contributed by atoms with van der Waals surface area (Å²) in [6.45, 7) is 10.6. The van der Waals surface area contributed by atoms with Gasteiger partial charge in [0.05, 0.1) is 0 Å². The minimum Gasteiger partial charge on any atom is -0.314 e. The Morgan fingerprint density at radius 2 is 1.61 bits per heavy atom. The van der Waals surface area contributed by atoms with Gasteiger partial charge in [0.2, 0.25) is 0 Å². The lowest BCUT2D eigenvalue weighted by Gasteiger charge is -2.21. The van der Waals surface area contributed by atoms with Crippen LogP contribution in [0.1, 0.15) is 47.0 Å². The first kappa shape index (κ1) is 17.8. The predicted molar refractivity (Wildman–Crippen MR) is 76.8 cm³/mol. The summed E-state index contributed by atoms with van der Waals surface area (Å²) in [7, 11) is -3.29. The summed E-state index contributed by atoms with van der Waals surface area (Å²) in [5.74, 6) is 0. The van der Waals surface area contributed by atoms with Gasteiger partial charge in [0, 0.05) is 25.7 Å². The van der Waals surface area contributed by atoms with Crippen LogP contribution in [0.2, 0.25) is 0 Å². The van der Waals surface area contributed by atoms with Crippen molar-refractivity contribution in [2.75, 3.05) is 26.2 Å². The zero-order valence-corrected chi connectivity index (χ0v) is 13.0. The smallest absolute Gasteiger partial charge is 0.279 e. The van der Waals surface area contributed by atoms with Gasteiger partial charge in [0.1, 0.15) is 0 Å². The van der Waals surface area contributed by atoms with Crippen molar-refractivity contribution in [3.05, 3.63) is 0 Å². The molecule has 0 aliphatic rings. The summed E-state index contributed by atoms with van der Waals surface area (Å²) in [6, 6.07) is 0.443. The van der Waals surface area contributed by atoms with E-state index in [0.717, 1.165) is 25.8 Å². The minimum atomic E-state index is -3.29. The third-order valence-electron chi connectivity index (χ3n) is 2.48. The molecular formula is C12H29N3O2S. The van der Waals surface area contributed by atoms with Crippen LogP contribution < -0.4 is 10.0 Å². The van der Waals surface area contributed by atoms with Crippen molar-refractivity contribution in [2.24, 2.45) is 0 Å². The molecule has 110 valence electrons. The molecular weight excluding hydrogens is 250 g/mol. The second-order valence-corrected chi connectivity index (χ2v) is 6.52. The molecule has 18 heavy (non-hydrogen) atoms. The normalized spacial score (nSPS) is 12.6. The Morgan fingerprint density at radius 1 is 1.06 bits per heavy atom. The molecule has 0 atom stereocenters. The van der Waals surface area contributed by atoms with Crippen LogP contribution in [-0.4, -0.2) is 44.9 Å². The largest absolute Gasteiger partial charge is 0.314 e. The van der Waals surface area contributed by atoms with Crippen LogP contribution in [0.3, 0.4) is 0 Å². The van der Waals surface area contributed by atoms with Crippen LogP contribution in [0.25, 0.3) is 0 Å². The van der Waals surface area contributed by atoms with E-state index in [0.29, 0.717) is 25.7 Å². The van der Waals surface area contributed by atoms with Gasteiger partial charge in [-0.1, -0.05) is 27.7 Å². The van der Waals surface area contributed by atoms with Crippen LogP contribution in [0.4, 0.5) is 0 Å². The molecule has 0 saturated heterocycles. The van der Waals surface area contributed by atoms with E-state index in [9.17, 15) is 8.42 Å². The fourth-order valence-corrected chi connectivity index (χ4v) is 3.05. The Labute approximate surface area is 113 Å². The maximum absolute atomic E-state index is 12.0. The van der Waals surface area contributed by atoms with Crippen molar-refractivity contribution in [1.29, 1.82) is 0 Å². The summed E-state index contributed by atoms with van der Waals surface area (Å²) in [6.07, 6.45) is 2.50. The fourth-order valence-electron chi connectivity index (χ4n) is 1.62. The van der Waals surface area contributed by atoms with E-state index < -0.39 is 10.2 Å².